The van der Waals surface area contributed by atoms with Gasteiger partial charge < -0.3 is 0 Å². The Bertz CT molecular complexity index is 200. The van der Waals surface area contributed by atoms with Crippen LogP contribution in [0.25, 0.3) is 0 Å². The molecule has 0 radical (unpaired) electrons. The molecule has 1 aliphatic rings. The highest BCUT2D eigenvalue weighted by molar-refractivity contribution is 8.02. The molecule has 1 amide bonds. The van der Waals surface area contributed by atoms with Gasteiger partial charge in [0, 0.05) is 12.0 Å². The van der Waals surface area contributed by atoms with Crippen LogP contribution in [0.2, 0.25) is 0 Å². The fourth-order valence-corrected chi connectivity index (χ4v) is 1.12. The zero-order valence-electron chi connectivity index (χ0n) is 5.07. The van der Waals surface area contributed by atoms with Gasteiger partial charge in [-0.05, 0) is 5.41 Å². The maximum absolute atomic E-state index is 10.6. The second-order valence-electron chi connectivity index (χ2n) is 1.61. The van der Waals surface area contributed by atoms with Crippen molar-refractivity contribution >= 4 is 23.4 Å². The molecule has 0 spiro atoms. The molecule has 54 valence electrons. The van der Waals surface area contributed by atoms with Crippen LogP contribution in [0.4, 0.5) is 0 Å². The zero-order chi connectivity index (χ0) is 7.40. The van der Waals surface area contributed by atoms with Gasteiger partial charge in [-0.15, -0.1) is 11.8 Å². The van der Waals surface area contributed by atoms with Gasteiger partial charge in [0.05, 0.1) is 0 Å². The molecule has 0 aromatic heterocycles. The van der Waals surface area contributed by atoms with Crippen LogP contribution in [-0.2, 0) is 4.79 Å². The largest absolute Gasteiger partial charge is 0.289 e. The molecule has 0 saturated heterocycles. The summed E-state index contributed by atoms with van der Waals surface area (Å²) < 4.78 is 0. The first kappa shape index (κ1) is 7.30. The van der Waals surface area contributed by atoms with Crippen LogP contribution in [0.5, 0.6) is 0 Å². The van der Waals surface area contributed by atoms with E-state index in [0.29, 0.717) is 11.5 Å². The van der Waals surface area contributed by atoms with E-state index in [9.17, 15) is 4.79 Å². The van der Waals surface area contributed by atoms with E-state index in [1.54, 1.807) is 5.41 Å². The van der Waals surface area contributed by atoms with Crippen LogP contribution < -0.4 is 5.48 Å². The lowest BCUT2D eigenvalue weighted by Gasteiger charge is -2.03. The van der Waals surface area contributed by atoms with E-state index in [1.165, 1.54) is 23.4 Å². The number of nitrogens with zero attached hydrogens (tertiary/aromatic N) is 1. The summed E-state index contributed by atoms with van der Waals surface area (Å²) in [6, 6.07) is 0. The minimum absolute atomic E-state index is 0.343. The second kappa shape index (κ2) is 3.38. The lowest BCUT2D eigenvalue weighted by molar-refractivity contribution is -0.122. The lowest BCUT2D eigenvalue weighted by Crippen LogP contribution is -2.29. The number of rotatable bonds is 1. The first-order chi connectivity index (χ1) is 4.84. The van der Waals surface area contributed by atoms with Gasteiger partial charge in [0.1, 0.15) is 5.71 Å². The Morgan fingerprint density at radius 1 is 1.90 bits per heavy atom. The minimum atomic E-state index is -0.531. The second-order valence-corrected chi connectivity index (χ2v) is 2.51. The third-order valence-electron chi connectivity index (χ3n) is 0.971. The maximum atomic E-state index is 10.6. The quantitative estimate of drug-likeness (QED) is 0.422. The van der Waals surface area contributed by atoms with E-state index >= 15 is 0 Å². The number of nitrogens with one attached hydrogen (secondary N) is 1. The van der Waals surface area contributed by atoms with E-state index in [1.807, 2.05) is 0 Å². The zero-order valence-corrected chi connectivity index (χ0v) is 5.89. The van der Waals surface area contributed by atoms with Crippen molar-refractivity contribution in [2.24, 2.45) is 4.99 Å². The molecule has 0 aromatic rings. The SMILES string of the molecule is O=C(NO)C1=NC=CSC1. The van der Waals surface area contributed by atoms with Crippen LogP contribution >= 0.6 is 11.8 Å². The highest BCUT2D eigenvalue weighted by Crippen LogP contribution is 2.08. The minimum Gasteiger partial charge on any atom is -0.288 e. The molecule has 0 unspecified atom stereocenters. The highest BCUT2D eigenvalue weighted by atomic mass is 32.2. The Morgan fingerprint density at radius 2 is 2.70 bits per heavy atom. The molecule has 1 heterocycles. The smallest absolute Gasteiger partial charge is 0.288 e. The molecular formula is C5H6N2O2S. The lowest BCUT2D eigenvalue weighted by atomic mass is 10.4. The molecule has 0 aromatic carbocycles. The summed E-state index contributed by atoms with van der Waals surface area (Å²) in [5, 5.41) is 9.96. The summed E-state index contributed by atoms with van der Waals surface area (Å²) in [6.07, 6.45) is 1.53. The van der Waals surface area contributed by atoms with Gasteiger partial charge in [-0.1, -0.05) is 0 Å². The van der Waals surface area contributed by atoms with Crippen molar-refractivity contribution in [2.75, 3.05) is 5.75 Å². The van der Waals surface area contributed by atoms with Gasteiger partial charge in [0.2, 0.25) is 0 Å². The van der Waals surface area contributed by atoms with Crippen molar-refractivity contribution < 1.29 is 10.0 Å². The van der Waals surface area contributed by atoms with Gasteiger partial charge in [0.15, 0.2) is 0 Å². The Morgan fingerprint density at radius 3 is 3.20 bits per heavy atom. The fourth-order valence-electron chi connectivity index (χ4n) is 0.516. The molecule has 0 aliphatic carbocycles. The number of thioether (sulfide) groups is 1. The van der Waals surface area contributed by atoms with Crippen LogP contribution in [-0.4, -0.2) is 22.6 Å². The fraction of sp³-hybridized carbons (Fsp3) is 0.200. The first-order valence-corrected chi connectivity index (χ1v) is 3.67. The van der Waals surface area contributed by atoms with Gasteiger partial charge in [-0.3, -0.25) is 15.0 Å². The standard InChI is InChI=1S/C5H6N2O2S/c8-5(7-9)4-3-10-2-1-6-4/h1-2,9H,3H2,(H,7,8). The van der Waals surface area contributed by atoms with E-state index in [-0.39, 0.29) is 0 Å². The Hall–Kier alpha value is -0.810. The van der Waals surface area contributed by atoms with Crippen LogP contribution in [0.15, 0.2) is 16.6 Å². The Kier molecular flexibility index (Phi) is 2.47. The molecule has 0 fully saturated rings. The van der Waals surface area contributed by atoms with Crippen molar-refractivity contribution in [3.05, 3.63) is 11.6 Å². The molecule has 0 bridgehead atoms. The molecule has 2 N–H and O–H groups in total. The predicted octanol–water partition coefficient (Wildman–Crippen LogP) is 0.151. The van der Waals surface area contributed by atoms with E-state index < -0.39 is 5.91 Å². The van der Waals surface area contributed by atoms with Crippen molar-refractivity contribution in [1.82, 2.24) is 5.48 Å². The summed E-state index contributed by atoms with van der Waals surface area (Å²) in [5.41, 5.74) is 1.86. The Labute approximate surface area is 62.0 Å². The summed E-state index contributed by atoms with van der Waals surface area (Å²) in [5.74, 6) is -0.0139. The monoisotopic (exact) mass is 158 g/mol. The number of hydrogen-bond acceptors (Lipinski definition) is 4. The van der Waals surface area contributed by atoms with Crippen molar-refractivity contribution in [2.45, 2.75) is 0 Å². The van der Waals surface area contributed by atoms with Crippen LogP contribution in [0.3, 0.4) is 0 Å². The summed E-state index contributed by atoms with van der Waals surface area (Å²) >= 11 is 1.46. The number of carbonyl (C=O) groups is 1. The first-order valence-electron chi connectivity index (χ1n) is 2.62. The average molecular weight is 158 g/mol. The molecular weight excluding hydrogens is 152 g/mol. The third-order valence-corrected chi connectivity index (χ3v) is 1.73. The molecule has 4 nitrogen and oxygen atoms in total. The highest BCUT2D eigenvalue weighted by Gasteiger charge is 2.10. The number of hydroxylamine groups is 1. The van der Waals surface area contributed by atoms with Crippen molar-refractivity contribution in [3.63, 3.8) is 0 Å². The summed E-state index contributed by atoms with van der Waals surface area (Å²) in [6.45, 7) is 0. The summed E-state index contributed by atoms with van der Waals surface area (Å²) in [7, 11) is 0. The number of hydrogen-bond donors (Lipinski definition) is 2. The van der Waals surface area contributed by atoms with E-state index in [0.717, 1.165) is 0 Å². The maximum Gasteiger partial charge on any atom is 0.289 e. The van der Waals surface area contributed by atoms with Crippen LogP contribution in [0.1, 0.15) is 0 Å². The Balaban J connectivity index is 2.62. The summed E-state index contributed by atoms with van der Waals surface area (Å²) in [4.78, 5) is 14.4. The van der Waals surface area contributed by atoms with Gasteiger partial charge in [-0.2, -0.15) is 0 Å². The molecule has 0 atom stereocenters. The van der Waals surface area contributed by atoms with Crippen molar-refractivity contribution in [1.29, 1.82) is 0 Å². The average Bonchev–Trinajstić information content (AvgIpc) is 2.05. The van der Waals surface area contributed by atoms with Gasteiger partial charge >= 0.3 is 0 Å². The normalized spacial score (nSPS) is 16.3. The molecule has 5 heteroatoms. The molecule has 0 saturated carbocycles. The number of carbonyl (C=O) groups excluding carboxylic acids is 1. The molecule has 10 heavy (non-hydrogen) atoms. The van der Waals surface area contributed by atoms with E-state index in [2.05, 4.69) is 4.99 Å². The molecule has 1 aliphatic heterocycles. The van der Waals surface area contributed by atoms with E-state index in [4.69, 9.17) is 5.21 Å². The number of aliphatic imine (C=N–C) groups is 1. The van der Waals surface area contributed by atoms with Gasteiger partial charge in [-0.25, -0.2) is 5.48 Å². The molecule has 1 rings (SSSR count). The third kappa shape index (κ3) is 1.58. The topological polar surface area (TPSA) is 61.7 Å². The van der Waals surface area contributed by atoms with Gasteiger partial charge in [0.25, 0.3) is 5.91 Å². The predicted molar refractivity (Wildman–Crippen MR) is 39.0 cm³/mol. The van der Waals surface area contributed by atoms with Crippen LogP contribution in [0, 0.1) is 0 Å². The van der Waals surface area contributed by atoms with Crippen molar-refractivity contribution in [3.8, 4) is 0 Å². The number of amides is 1.